The Balaban J connectivity index is 2.04. The number of aryl methyl sites for hydroxylation is 1. The maximum absolute atomic E-state index is 10.6. The molecule has 1 aromatic heterocycles. The van der Waals surface area contributed by atoms with Crippen molar-refractivity contribution in [1.82, 2.24) is 14.7 Å². The second kappa shape index (κ2) is 10.5. The first-order chi connectivity index (χ1) is 15.4. The first-order valence-corrected chi connectivity index (χ1v) is 10.9. The van der Waals surface area contributed by atoms with Crippen molar-refractivity contribution in [2.24, 2.45) is 7.05 Å². The predicted molar refractivity (Wildman–Crippen MR) is 128 cm³/mol. The number of nitrogens with zero attached hydrogens (tertiary/aromatic N) is 3. The van der Waals surface area contributed by atoms with Gasteiger partial charge in [0.25, 0.3) is 0 Å². The number of hydrogen-bond donors (Lipinski definition) is 1. The lowest BCUT2D eigenvalue weighted by atomic mass is 10.0. The molecule has 3 rings (SSSR count). The summed E-state index contributed by atoms with van der Waals surface area (Å²) in [4.78, 5) is 2.21. The van der Waals surface area contributed by atoms with Gasteiger partial charge in [0.2, 0.25) is 5.88 Å². The Hall–Kier alpha value is -3.09. The third-order valence-electron chi connectivity index (χ3n) is 5.30. The molecule has 6 nitrogen and oxygen atoms in total. The van der Waals surface area contributed by atoms with Crippen molar-refractivity contribution < 1.29 is 14.6 Å². The van der Waals surface area contributed by atoms with Crippen molar-refractivity contribution in [2.45, 2.75) is 32.4 Å². The van der Waals surface area contributed by atoms with Crippen molar-refractivity contribution in [1.29, 1.82) is 0 Å². The number of ether oxygens (including phenoxy) is 2. The number of aromatic nitrogens is 2. The topological polar surface area (TPSA) is 59.8 Å². The van der Waals surface area contributed by atoms with E-state index in [4.69, 9.17) is 14.6 Å². The second-order valence-corrected chi connectivity index (χ2v) is 8.17. The van der Waals surface area contributed by atoms with Crippen molar-refractivity contribution in [2.75, 3.05) is 20.2 Å². The summed E-state index contributed by atoms with van der Waals surface area (Å²) >= 11 is 0. The lowest BCUT2D eigenvalue weighted by Gasteiger charge is -2.29. The molecule has 1 N–H and O–H groups in total. The summed E-state index contributed by atoms with van der Waals surface area (Å²) in [5.74, 6) is 2.06. The van der Waals surface area contributed by atoms with E-state index < -0.39 is 5.60 Å². The van der Waals surface area contributed by atoms with Crippen molar-refractivity contribution in [3.05, 3.63) is 72.8 Å². The fourth-order valence-corrected chi connectivity index (χ4v) is 3.70. The number of aliphatic hydroxyl groups is 1. The molecule has 32 heavy (non-hydrogen) atoms. The number of hydrogen-bond acceptors (Lipinski definition) is 5. The van der Waals surface area contributed by atoms with E-state index in [1.807, 2.05) is 61.6 Å². The predicted octanol–water partition coefficient (Wildman–Crippen LogP) is 5.04. The summed E-state index contributed by atoms with van der Waals surface area (Å²) in [6, 6.07) is 17.6. The van der Waals surface area contributed by atoms with Crippen molar-refractivity contribution in [3.8, 4) is 28.6 Å². The van der Waals surface area contributed by atoms with Crippen LogP contribution in [0.15, 0.2) is 67.3 Å². The first kappa shape index (κ1) is 23.6. The van der Waals surface area contributed by atoms with E-state index >= 15 is 0 Å². The highest BCUT2D eigenvalue weighted by Gasteiger charge is 2.25. The zero-order valence-electron chi connectivity index (χ0n) is 19.4. The van der Waals surface area contributed by atoms with Crippen LogP contribution < -0.4 is 9.47 Å². The maximum Gasteiger partial charge on any atom is 0.222 e. The summed E-state index contributed by atoms with van der Waals surface area (Å²) in [6.45, 7) is 9.55. The van der Waals surface area contributed by atoms with Gasteiger partial charge >= 0.3 is 0 Å². The van der Waals surface area contributed by atoms with Crippen LogP contribution in [0.3, 0.4) is 0 Å². The molecule has 0 aliphatic heterocycles. The highest BCUT2D eigenvalue weighted by molar-refractivity contribution is 5.65. The SMILES string of the molecule is C=CC(C)(O)CN(CCC)Cc1c(-c2ccccc2)nn(C)c1Oc1cccc(OC)c1. The lowest BCUT2D eigenvalue weighted by Crippen LogP contribution is -2.39. The summed E-state index contributed by atoms with van der Waals surface area (Å²) in [6.07, 6.45) is 2.55. The Morgan fingerprint density at radius 1 is 1.16 bits per heavy atom. The van der Waals surface area contributed by atoms with Gasteiger partial charge in [0.05, 0.1) is 18.3 Å². The molecule has 1 atom stereocenters. The van der Waals surface area contributed by atoms with Crippen molar-refractivity contribution in [3.63, 3.8) is 0 Å². The minimum absolute atomic E-state index is 0.464. The molecule has 0 aliphatic rings. The van der Waals surface area contributed by atoms with Crippen LogP contribution >= 0.6 is 0 Å². The van der Waals surface area contributed by atoms with Gasteiger partial charge in [-0.25, -0.2) is 4.68 Å². The summed E-state index contributed by atoms with van der Waals surface area (Å²) in [7, 11) is 3.52. The molecule has 0 fully saturated rings. The van der Waals surface area contributed by atoms with E-state index in [0.717, 1.165) is 35.5 Å². The van der Waals surface area contributed by atoms with Gasteiger partial charge in [0.15, 0.2) is 0 Å². The molecule has 0 spiro atoms. The van der Waals surface area contributed by atoms with Gasteiger partial charge in [-0.15, -0.1) is 6.58 Å². The van der Waals surface area contributed by atoms with Gasteiger partial charge in [-0.3, -0.25) is 4.90 Å². The van der Waals surface area contributed by atoms with Gasteiger partial charge in [0, 0.05) is 31.8 Å². The lowest BCUT2D eigenvalue weighted by molar-refractivity contribution is 0.0585. The molecule has 3 aromatic rings. The van der Waals surface area contributed by atoms with Crippen LogP contribution in [-0.4, -0.2) is 45.6 Å². The minimum Gasteiger partial charge on any atom is -0.497 e. The van der Waals surface area contributed by atoms with Crippen LogP contribution in [-0.2, 0) is 13.6 Å². The van der Waals surface area contributed by atoms with Gasteiger partial charge in [0.1, 0.15) is 17.2 Å². The van der Waals surface area contributed by atoms with Gasteiger partial charge in [-0.05, 0) is 32.0 Å². The van der Waals surface area contributed by atoms with Crippen LogP contribution in [0, 0.1) is 0 Å². The molecule has 0 saturated heterocycles. The summed E-state index contributed by atoms with van der Waals surface area (Å²) in [5, 5.41) is 15.4. The van der Waals surface area contributed by atoms with E-state index in [1.165, 1.54) is 0 Å². The van der Waals surface area contributed by atoms with E-state index in [0.29, 0.717) is 24.7 Å². The number of methoxy groups -OCH3 is 1. The molecule has 0 aliphatic carbocycles. The average molecular weight is 436 g/mol. The second-order valence-electron chi connectivity index (χ2n) is 8.17. The third-order valence-corrected chi connectivity index (χ3v) is 5.30. The average Bonchev–Trinajstić information content (AvgIpc) is 3.09. The fraction of sp³-hybridized carbons (Fsp3) is 0.346. The van der Waals surface area contributed by atoms with Crippen LogP contribution in [0.4, 0.5) is 0 Å². The molecular formula is C26H33N3O3. The van der Waals surface area contributed by atoms with E-state index in [9.17, 15) is 5.11 Å². The van der Waals surface area contributed by atoms with Crippen LogP contribution in [0.2, 0.25) is 0 Å². The summed E-state index contributed by atoms with van der Waals surface area (Å²) < 4.78 is 13.4. The number of rotatable bonds is 11. The van der Waals surface area contributed by atoms with E-state index in [1.54, 1.807) is 24.8 Å². The first-order valence-electron chi connectivity index (χ1n) is 10.9. The molecule has 0 amide bonds. The molecule has 0 bridgehead atoms. The maximum atomic E-state index is 10.6. The van der Waals surface area contributed by atoms with Crippen LogP contribution in [0.1, 0.15) is 25.8 Å². The van der Waals surface area contributed by atoms with E-state index in [-0.39, 0.29) is 0 Å². The Labute approximate surface area is 190 Å². The molecular weight excluding hydrogens is 402 g/mol. The standard InChI is InChI=1S/C26H33N3O3/c1-6-16-29(19-26(3,30)7-2)18-23-24(20-12-9-8-10-13-20)27-28(4)25(23)32-22-15-11-14-21(17-22)31-5/h7-15,17,30H,2,6,16,18-19H2,1,3-5H3. The monoisotopic (exact) mass is 435 g/mol. The van der Waals surface area contributed by atoms with Gasteiger partial charge < -0.3 is 14.6 Å². The molecule has 2 aromatic carbocycles. The summed E-state index contributed by atoms with van der Waals surface area (Å²) in [5.41, 5.74) is 1.86. The smallest absolute Gasteiger partial charge is 0.222 e. The highest BCUT2D eigenvalue weighted by atomic mass is 16.5. The third kappa shape index (κ3) is 5.78. The molecule has 1 unspecified atom stereocenters. The molecule has 0 saturated carbocycles. The normalized spacial score (nSPS) is 13.1. The van der Waals surface area contributed by atoms with Gasteiger partial charge in [-0.2, -0.15) is 5.10 Å². The highest BCUT2D eigenvalue weighted by Crippen LogP contribution is 2.35. The minimum atomic E-state index is -0.988. The molecule has 6 heteroatoms. The zero-order valence-corrected chi connectivity index (χ0v) is 19.4. The quantitative estimate of drug-likeness (QED) is 0.428. The zero-order chi connectivity index (χ0) is 23.1. The Bertz CT molecular complexity index is 1030. The van der Waals surface area contributed by atoms with Gasteiger partial charge in [-0.1, -0.05) is 49.4 Å². The number of benzene rings is 2. The Morgan fingerprint density at radius 2 is 1.88 bits per heavy atom. The Kier molecular flexibility index (Phi) is 7.72. The van der Waals surface area contributed by atoms with E-state index in [2.05, 4.69) is 18.4 Å². The fourth-order valence-electron chi connectivity index (χ4n) is 3.70. The molecule has 170 valence electrons. The van der Waals surface area contributed by atoms with Crippen molar-refractivity contribution >= 4 is 0 Å². The molecule has 0 radical (unpaired) electrons. The van der Waals surface area contributed by atoms with Crippen LogP contribution in [0.25, 0.3) is 11.3 Å². The van der Waals surface area contributed by atoms with Crippen LogP contribution in [0.5, 0.6) is 17.4 Å². The molecule has 1 heterocycles. The Morgan fingerprint density at radius 3 is 2.53 bits per heavy atom. The largest absolute Gasteiger partial charge is 0.497 e.